The van der Waals surface area contributed by atoms with E-state index in [0.29, 0.717) is 0 Å². The lowest BCUT2D eigenvalue weighted by Gasteiger charge is -2.47. The smallest absolute Gasteiger partial charge is 0.144 e. The molecule has 0 radical (unpaired) electrons. The van der Waals surface area contributed by atoms with Crippen LogP contribution >= 0.6 is 45.2 Å². The standard InChI is InChI=1S/C22H20I2O2/c1-25-21(23)13-11-15-7-3-5-9-17(15)19(21)20-18-10-6-4-8-16(18)12-14-22(20,24)26-2/h3-14,19-20H,1-2H3. The first-order valence-corrected chi connectivity index (χ1v) is 10.7. The van der Waals surface area contributed by atoms with Crippen LogP contribution in [0.25, 0.3) is 12.2 Å². The average molecular weight is 570 g/mol. The SMILES string of the molecule is COC1(I)C=Cc2ccccc2C1C1c2ccccc2C=CC1(I)OC. The fourth-order valence-corrected chi connectivity index (χ4v) is 5.88. The Morgan fingerprint density at radius 3 is 1.46 bits per heavy atom. The highest BCUT2D eigenvalue weighted by atomic mass is 127. The monoisotopic (exact) mass is 570 g/mol. The maximum absolute atomic E-state index is 6.07. The zero-order valence-electron chi connectivity index (χ0n) is 14.7. The maximum atomic E-state index is 6.07. The molecule has 2 aliphatic rings. The summed E-state index contributed by atoms with van der Waals surface area (Å²) in [5, 5.41) is 0. The van der Waals surface area contributed by atoms with Crippen molar-refractivity contribution in [3.63, 3.8) is 0 Å². The van der Waals surface area contributed by atoms with Crippen molar-refractivity contribution in [1.29, 1.82) is 0 Å². The maximum Gasteiger partial charge on any atom is 0.144 e. The van der Waals surface area contributed by atoms with E-state index in [1.54, 1.807) is 14.2 Å². The number of rotatable bonds is 3. The molecule has 0 fully saturated rings. The van der Waals surface area contributed by atoms with Crippen LogP contribution in [-0.2, 0) is 9.47 Å². The number of halogens is 2. The van der Waals surface area contributed by atoms with E-state index in [2.05, 4.69) is 118 Å². The third-order valence-electron chi connectivity index (χ3n) is 5.45. The van der Waals surface area contributed by atoms with Crippen LogP contribution in [0.3, 0.4) is 0 Å². The third-order valence-corrected chi connectivity index (χ3v) is 8.39. The fourth-order valence-electron chi connectivity index (χ4n) is 4.13. The molecule has 4 unspecified atom stereocenters. The quantitative estimate of drug-likeness (QED) is 0.325. The molecule has 0 saturated carbocycles. The first-order valence-electron chi connectivity index (χ1n) is 8.57. The molecule has 4 heteroatoms. The molecule has 0 spiro atoms. The van der Waals surface area contributed by atoms with Gasteiger partial charge in [0.1, 0.15) is 7.22 Å². The van der Waals surface area contributed by atoms with Gasteiger partial charge in [-0.1, -0.05) is 60.7 Å². The van der Waals surface area contributed by atoms with Crippen molar-refractivity contribution in [2.24, 2.45) is 0 Å². The highest BCUT2D eigenvalue weighted by Crippen LogP contribution is 2.58. The molecule has 0 aromatic heterocycles. The van der Waals surface area contributed by atoms with Crippen molar-refractivity contribution in [2.75, 3.05) is 14.2 Å². The summed E-state index contributed by atoms with van der Waals surface area (Å²) in [6.45, 7) is 0. The molecule has 0 saturated heterocycles. The van der Waals surface area contributed by atoms with Gasteiger partial charge in [-0.25, -0.2) is 0 Å². The van der Waals surface area contributed by atoms with E-state index >= 15 is 0 Å². The fraction of sp³-hybridized carbons (Fsp3) is 0.273. The molecule has 0 aliphatic heterocycles. The first kappa shape index (κ1) is 18.7. The van der Waals surface area contributed by atoms with E-state index < -0.39 is 7.22 Å². The number of fused-ring (bicyclic) bond motifs is 2. The molecule has 0 heterocycles. The van der Waals surface area contributed by atoms with Crippen molar-refractivity contribution in [3.8, 4) is 0 Å². The second kappa shape index (κ2) is 7.04. The number of ether oxygens (including phenoxy) is 2. The lowest BCUT2D eigenvalue weighted by molar-refractivity contribution is 0.0431. The van der Waals surface area contributed by atoms with Crippen LogP contribution < -0.4 is 0 Å². The van der Waals surface area contributed by atoms with E-state index in [1.165, 1.54) is 22.3 Å². The number of hydrogen-bond acceptors (Lipinski definition) is 2. The van der Waals surface area contributed by atoms with Gasteiger partial charge in [0, 0.05) is 26.1 Å². The zero-order valence-corrected chi connectivity index (χ0v) is 19.0. The Hall–Kier alpha value is -0.700. The van der Waals surface area contributed by atoms with Crippen molar-refractivity contribution >= 4 is 57.3 Å². The molecular formula is C22H20I2O2. The Morgan fingerprint density at radius 2 is 1.08 bits per heavy atom. The summed E-state index contributed by atoms with van der Waals surface area (Å²) < 4.78 is 11.3. The predicted molar refractivity (Wildman–Crippen MR) is 124 cm³/mol. The van der Waals surface area contributed by atoms with Crippen molar-refractivity contribution in [3.05, 3.63) is 82.9 Å². The summed E-state index contributed by atoms with van der Waals surface area (Å²) in [6.07, 6.45) is 8.73. The van der Waals surface area contributed by atoms with Crippen LogP contribution in [0.15, 0.2) is 60.7 Å². The van der Waals surface area contributed by atoms with Crippen LogP contribution in [0, 0.1) is 0 Å². The van der Waals surface area contributed by atoms with Gasteiger partial charge in [0.05, 0.1) is 0 Å². The molecular weight excluding hydrogens is 550 g/mol. The highest BCUT2D eigenvalue weighted by Gasteiger charge is 2.52. The van der Waals surface area contributed by atoms with Gasteiger partial charge >= 0.3 is 0 Å². The number of benzene rings is 2. The van der Waals surface area contributed by atoms with E-state index in [-0.39, 0.29) is 11.8 Å². The van der Waals surface area contributed by atoms with Crippen molar-refractivity contribution in [1.82, 2.24) is 0 Å². The third kappa shape index (κ3) is 2.89. The van der Waals surface area contributed by atoms with E-state index in [9.17, 15) is 0 Å². The normalized spacial score (nSPS) is 32.2. The van der Waals surface area contributed by atoms with E-state index in [1.807, 2.05) is 0 Å². The minimum absolute atomic E-state index is 0.122. The highest BCUT2D eigenvalue weighted by molar-refractivity contribution is 14.1. The summed E-state index contributed by atoms with van der Waals surface area (Å²) in [4.78, 5) is 0. The van der Waals surface area contributed by atoms with E-state index in [0.717, 1.165) is 0 Å². The summed E-state index contributed by atoms with van der Waals surface area (Å²) in [6, 6.07) is 17.2. The van der Waals surface area contributed by atoms with Crippen molar-refractivity contribution in [2.45, 2.75) is 19.1 Å². The van der Waals surface area contributed by atoms with Gasteiger partial charge in [-0.05, 0) is 79.6 Å². The average Bonchev–Trinajstić information content (AvgIpc) is 2.69. The predicted octanol–water partition coefficient (Wildman–Crippen LogP) is 6.16. The molecule has 4 rings (SSSR count). The largest absolute Gasteiger partial charge is 0.363 e. The molecule has 2 aromatic carbocycles. The minimum Gasteiger partial charge on any atom is -0.363 e. The second-order valence-corrected chi connectivity index (χ2v) is 10.1. The molecule has 0 N–H and O–H groups in total. The summed E-state index contributed by atoms with van der Waals surface area (Å²) in [5.41, 5.74) is 5.12. The van der Waals surface area contributed by atoms with Crippen LogP contribution in [0.4, 0.5) is 0 Å². The lowest BCUT2D eigenvalue weighted by atomic mass is 9.69. The molecule has 0 bridgehead atoms. The topological polar surface area (TPSA) is 18.5 Å². The summed E-state index contributed by atoms with van der Waals surface area (Å²) in [7, 11) is 3.59. The zero-order chi connectivity index (χ0) is 18.4. The Morgan fingerprint density at radius 1 is 0.692 bits per heavy atom. The molecule has 134 valence electrons. The first-order chi connectivity index (χ1) is 12.5. The van der Waals surface area contributed by atoms with Gasteiger partial charge in [-0.2, -0.15) is 0 Å². The molecule has 4 atom stereocenters. The molecule has 2 nitrogen and oxygen atoms in total. The molecule has 26 heavy (non-hydrogen) atoms. The van der Waals surface area contributed by atoms with Gasteiger partial charge in [0.2, 0.25) is 0 Å². The lowest BCUT2D eigenvalue weighted by Crippen LogP contribution is -2.44. The van der Waals surface area contributed by atoms with Crippen LogP contribution in [-0.4, -0.2) is 21.4 Å². The Balaban J connectivity index is 1.98. The van der Waals surface area contributed by atoms with Gasteiger partial charge < -0.3 is 9.47 Å². The molecule has 0 amide bonds. The van der Waals surface area contributed by atoms with Crippen LogP contribution in [0.5, 0.6) is 0 Å². The van der Waals surface area contributed by atoms with Gasteiger partial charge in [-0.15, -0.1) is 0 Å². The van der Waals surface area contributed by atoms with Gasteiger partial charge in [0.25, 0.3) is 0 Å². The van der Waals surface area contributed by atoms with E-state index in [4.69, 9.17) is 9.47 Å². The minimum atomic E-state index is -0.440. The Labute approximate surface area is 181 Å². The molecule has 2 aromatic rings. The van der Waals surface area contributed by atoms with Gasteiger partial charge in [0.15, 0.2) is 0 Å². The van der Waals surface area contributed by atoms with Gasteiger partial charge in [-0.3, -0.25) is 0 Å². The number of alkyl halides is 2. The number of methoxy groups -OCH3 is 2. The number of hydrogen-bond donors (Lipinski definition) is 0. The van der Waals surface area contributed by atoms with Crippen LogP contribution in [0.2, 0.25) is 0 Å². The summed E-state index contributed by atoms with van der Waals surface area (Å²) >= 11 is 4.91. The Bertz CT molecular complexity index is 818. The Kier molecular flexibility index (Phi) is 5.05. The molecule has 2 aliphatic carbocycles. The van der Waals surface area contributed by atoms with Crippen LogP contribution in [0.1, 0.15) is 34.1 Å². The van der Waals surface area contributed by atoms with Crippen molar-refractivity contribution < 1.29 is 9.47 Å². The summed E-state index contributed by atoms with van der Waals surface area (Å²) in [5.74, 6) is 0.245. The second-order valence-electron chi connectivity index (χ2n) is 6.68.